The number of rotatable bonds is 54. The molecule has 0 heterocycles. The van der Waals surface area contributed by atoms with Gasteiger partial charge in [-0.3, -0.25) is 14.2 Å². The lowest BCUT2D eigenvalue weighted by molar-refractivity contribution is -0.870. The van der Waals surface area contributed by atoms with E-state index in [1.807, 2.05) is 21.1 Å². The summed E-state index contributed by atoms with van der Waals surface area (Å²) in [6, 6.07) is 0. The summed E-state index contributed by atoms with van der Waals surface area (Å²) in [4.78, 5) is 37.9. The predicted octanol–water partition coefficient (Wildman–Crippen LogP) is 18.2. The van der Waals surface area contributed by atoms with E-state index >= 15 is 0 Å². The molecule has 0 aliphatic heterocycles. The van der Waals surface area contributed by atoms with Crippen LogP contribution in [0.4, 0.5) is 0 Å². The van der Waals surface area contributed by atoms with Crippen LogP contribution in [0.25, 0.3) is 0 Å². The van der Waals surface area contributed by atoms with Crippen LogP contribution in [0.1, 0.15) is 245 Å². The zero-order chi connectivity index (χ0) is 54.2. The Morgan fingerprint density at radius 3 is 1.18 bits per heavy atom. The first-order valence-electron chi connectivity index (χ1n) is 29.9. The SMILES string of the molecule is CC/C=C\C/C=C\C/C=C\C/C=C\C/C=C\C/C=C\C/C=C\CCCCCC(=O)OC(COC(=O)CCCCCCCCCCCCCCC/C=C\CCCCCCCCCC)COP(=O)([O-])OCC[N+](C)(C)C. The van der Waals surface area contributed by atoms with E-state index in [0.29, 0.717) is 17.4 Å². The molecule has 0 aromatic heterocycles. The highest BCUT2D eigenvalue weighted by molar-refractivity contribution is 7.45. The van der Waals surface area contributed by atoms with Crippen molar-refractivity contribution in [2.24, 2.45) is 0 Å². The second kappa shape index (κ2) is 54.7. The Labute approximate surface area is 455 Å². The Kier molecular flexibility index (Phi) is 52.4. The van der Waals surface area contributed by atoms with Crippen molar-refractivity contribution in [1.82, 2.24) is 0 Å². The molecule has 74 heavy (non-hydrogen) atoms. The molecule has 0 amide bonds. The molecule has 0 aliphatic rings. The normalized spacial score (nSPS) is 14.0. The van der Waals surface area contributed by atoms with Crippen molar-refractivity contribution >= 4 is 19.8 Å². The number of ether oxygens (including phenoxy) is 2. The summed E-state index contributed by atoms with van der Waals surface area (Å²) in [5.41, 5.74) is 0. The van der Waals surface area contributed by atoms with Crippen LogP contribution in [-0.4, -0.2) is 70.0 Å². The van der Waals surface area contributed by atoms with E-state index in [9.17, 15) is 19.0 Å². The highest BCUT2D eigenvalue weighted by Crippen LogP contribution is 2.38. The first-order chi connectivity index (χ1) is 36.0. The van der Waals surface area contributed by atoms with Crippen molar-refractivity contribution in [3.8, 4) is 0 Å². The molecule has 0 saturated carbocycles. The lowest BCUT2D eigenvalue weighted by Gasteiger charge is -2.28. The van der Waals surface area contributed by atoms with Crippen LogP contribution in [-0.2, 0) is 32.7 Å². The third kappa shape index (κ3) is 58.2. The van der Waals surface area contributed by atoms with E-state index in [0.717, 1.165) is 83.5 Å². The van der Waals surface area contributed by atoms with Crippen molar-refractivity contribution < 1.29 is 42.1 Å². The molecule has 10 heteroatoms. The van der Waals surface area contributed by atoms with Crippen LogP contribution < -0.4 is 4.89 Å². The van der Waals surface area contributed by atoms with Gasteiger partial charge in [-0.05, 0) is 96.3 Å². The Morgan fingerprint density at radius 1 is 0.432 bits per heavy atom. The zero-order valence-corrected chi connectivity index (χ0v) is 49.2. The minimum Gasteiger partial charge on any atom is -0.756 e. The van der Waals surface area contributed by atoms with Crippen LogP contribution in [0.5, 0.6) is 0 Å². The van der Waals surface area contributed by atoms with Gasteiger partial charge in [-0.1, -0.05) is 233 Å². The van der Waals surface area contributed by atoms with E-state index in [1.54, 1.807) is 0 Å². The minimum absolute atomic E-state index is 0.0422. The van der Waals surface area contributed by atoms with Gasteiger partial charge in [-0.15, -0.1) is 0 Å². The Hall–Kier alpha value is -3.07. The van der Waals surface area contributed by atoms with Crippen LogP contribution >= 0.6 is 7.82 Å². The predicted molar refractivity (Wildman–Crippen MR) is 314 cm³/mol. The van der Waals surface area contributed by atoms with Crippen molar-refractivity contribution in [2.75, 3.05) is 47.5 Å². The minimum atomic E-state index is -4.65. The Bertz CT molecular complexity index is 1570. The molecule has 2 atom stereocenters. The Morgan fingerprint density at radius 2 is 0.770 bits per heavy atom. The number of hydrogen-bond donors (Lipinski definition) is 0. The average Bonchev–Trinajstić information content (AvgIpc) is 3.36. The van der Waals surface area contributed by atoms with E-state index < -0.39 is 32.5 Å². The highest BCUT2D eigenvalue weighted by atomic mass is 31.2. The summed E-state index contributed by atoms with van der Waals surface area (Å²) in [7, 11) is 1.13. The summed E-state index contributed by atoms with van der Waals surface area (Å²) < 4.78 is 34.1. The molecule has 0 rings (SSSR count). The topological polar surface area (TPSA) is 111 Å². The number of carbonyl (C=O) groups is 2. The molecule has 0 bridgehead atoms. The van der Waals surface area contributed by atoms with Crippen molar-refractivity contribution in [2.45, 2.75) is 251 Å². The van der Waals surface area contributed by atoms with E-state index in [2.05, 4.69) is 111 Å². The number of allylic oxidation sites excluding steroid dienone is 16. The fraction of sp³-hybridized carbons (Fsp3) is 0.719. The average molecular weight is 1050 g/mol. The smallest absolute Gasteiger partial charge is 0.306 e. The number of hydrogen-bond acceptors (Lipinski definition) is 8. The molecule has 0 fully saturated rings. The van der Waals surface area contributed by atoms with Crippen molar-refractivity contribution in [3.63, 3.8) is 0 Å². The summed E-state index contributed by atoms with van der Waals surface area (Å²) >= 11 is 0. The van der Waals surface area contributed by atoms with Crippen molar-refractivity contribution in [1.29, 1.82) is 0 Å². The fourth-order valence-electron chi connectivity index (χ4n) is 7.98. The zero-order valence-electron chi connectivity index (χ0n) is 48.3. The second-order valence-electron chi connectivity index (χ2n) is 21.0. The van der Waals surface area contributed by atoms with Crippen LogP contribution in [0, 0.1) is 0 Å². The molecule has 0 spiro atoms. The van der Waals surface area contributed by atoms with Gasteiger partial charge in [-0.25, -0.2) is 0 Å². The van der Waals surface area contributed by atoms with Gasteiger partial charge < -0.3 is 27.9 Å². The maximum Gasteiger partial charge on any atom is 0.306 e. The van der Waals surface area contributed by atoms with E-state index in [1.165, 1.54) is 128 Å². The molecule has 0 saturated heterocycles. The highest BCUT2D eigenvalue weighted by Gasteiger charge is 2.21. The lowest BCUT2D eigenvalue weighted by Crippen LogP contribution is -2.37. The van der Waals surface area contributed by atoms with Gasteiger partial charge in [0.15, 0.2) is 6.10 Å². The molecule has 0 aromatic rings. The van der Waals surface area contributed by atoms with Gasteiger partial charge in [0.1, 0.15) is 19.8 Å². The number of quaternary nitrogens is 1. The number of carbonyl (C=O) groups excluding carboxylic acids is 2. The molecule has 0 aromatic carbocycles. The number of phosphoric ester groups is 1. The van der Waals surface area contributed by atoms with Crippen LogP contribution in [0.15, 0.2) is 97.2 Å². The summed E-state index contributed by atoms with van der Waals surface area (Å²) in [6.45, 7) is 4.09. The summed E-state index contributed by atoms with van der Waals surface area (Å²) in [5, 5.41) is 0. The molecular formula is C64H112NO8P. The van der Waals surface area contributed by atoms with Gasteiger partial charge in [0.25, 0.3) is 7.82 Å². The third-order valence-electron chi connectivity index (χ3n) is 12.6. The first kappa shape index (κ1) is 70.9. The molecular weight excluding hydrogens is 942 g/mol. The third-order valence-corrected chi connectivity index (χ3v) is 13.6. The molecule has 0 aliphatic carbocycles. The summed E-state index contributed by atoms with van der Waals surface area (Å²) in [6.07, 6.45) is 74.6. The van der Waals surface area contributed by atoms with Gasteiger partial charge >= 0.3 is 11.9 Å². The molecule has 0 radical (unpaired) electrons. The maximum absolute atomic E-state index is 12.8. The lowest BCUT2D eigenvalue weighted by atomic mass is 10.0. The number of likely N-dealkylation sites (N-methyl/N-ethyl adjacent to an activating group) is 1. The van der Waals surface area contributed by atoms with Crippen LogP contribution in [0.2, 0.25) is 0 Å². The maximum atomic E-state index is 12.8. The van der Waals surface area contributed by atoms with Crippen molar-refractivity contribution in [3.05, 3.63) is 97.2 Å². The van der Waals surface area contributed by atoms with E-state index in [-0.39, 0.29) is 26.1 Å². The number of phosphoric acid groups is 1. The Balaban J connectivity index is 4.24. The largest absolute Gasteiger partial charge is 0.756 e. The first-order valence-corrected chi connectivity index (χ1v) is 31.4. The quantitative estimate of drug-likeness (QED) is 0.0195. The monoisotopic (exact) mass is 1050 g/mol. The number of unbranched alkanes of at least 4 members (excludes halogenated alkanes) is 24. The van der Waals surface area contributed by atoms with Gasteiger partial charge in [0.05, 0.1) is 27.7 Å². The van der Waals surface area contributed by atoms with E-state index in [4.69, 9.17) is 18.5 Å². The van der Waals surface area contributed by atoms with Crippen LogP contribution in [0.3, 0.4) is 0 Å². The number of esters is 2. The number of nitrogens with zero attached hydrogens (tertiary/aromatic N) is 1. The molecule has 2 unspecified atom stereocenters. The summed E-state index contributed by atoms with van der Waals surface area (Å²) in [5.74, 6) is -0.873. The van der Waals surface area contributed by atoms with Gasteiger partial charge in [0.2, 0.25) is 0 Å². The standard InChI is InChI=1S/C64H112NO8P/c1-6-8-10-12-14-16-18-20-22-24-26-28-30-32-34-36-38-40-42-44-46-48-50-52-54-56-63(66)70-60-62(61-72-74(68,69)71-59-58-65(3,4)5)73-64(67)57-55-53-51-49-47-45-43-41-39-37-35-33-31-29-27-25-23-21-19-17-15-13-11-9-7-2/h9,11,15,17,21,23-24,26-27,29,33,35,39,41,45,47,62H,6-8,10,12-14,16,18-20,22,25,28,30-32,34,36-38,40,42-44,46,48-61H2,1-5H3/b11-9-,17-15-,23-21-,26-24-,29-27-,35-33-,41-39-,47-45-. The second-order valence-corrected chi connectivity index (χ2v) is 22.4. The molecule has 9 nitrogen and oxygen atoms in total. The van der Waals surface area contributed by atoms with Gasteiger partial charge in [-0.2, -0.15) is 0 Å². The molecule has 0 N–H and O–H groups in total. The molecule has 426 valence electrons. The van der Waals surface area contributed by atoms with Gasteiger partial charge in [0, 0.05) is 12.8 Å². The fourth-order valence-corrected chi connectivity index (χ4v) is 8.71.